The van der Waals surface area contributed by atoms with E-state index in [2.05, 4.69) is 5.32 Å². The second kappa shape index (κ2) is 8.95. The van der Waals surface area contributed by atoms with Gasteiger partial charge in [0.05, 0.1) is 11.3 Å². The fourth-order valence-corrected chi connectivity index (χ4v) is 3.85. The van der Waals surface area contributed by atoms with Crippen molar-refractivity contribution in [2.24, 2.45) is 0 Å². The molecule has 1 N–H and O–H groups in total. The first kappa shape index (κ1) is 19.3. The van der Waals surface area contributed by atoms with Crippen molar-refractivity contribution in [3.8, 4) is 0 Å². The second-order valence-electron chi connectivity index (χ2n) is 6.78. The molecular weight excluding hydrogens is 358 g/mol. The Kier molecular flexibility index (Phi) is 6.40. The number of likely N-dealkylation sites (tertiary alicyclic amines) is 1. The van der Waals surface area contributed by atoms with E-state index in [0.29, 0.717) is 17.0 Å². The summed E-state index contributed by atoms with van der Waals surface area (Å²) in [6.45, 7) is 1.60. The summed E-state index contributed by atoms with van der Waals surface area (Å²) in [5, 5.41) is 2.92. The van der Waals surface area contributed by atoms with Crippen LogP contribution in [0, 0.1) is 0 Å². The summed E-state index contributed by atoms with van der Waals surface area (Å²) >= 11 is 1.49. The molecular formula is C21H25N3O2S. The summed E-state index contributed by atoms with van der Waals surface area (Å²) in [4.78, 5) is 30.1. The molecule has 0 aliphatic carbocycles. The zero-order chi connectivity index (χ0) is 19.2. The number of hydrogen-bond acceptors (Lipinski definition) is 4. The highest BCUT2D eigenvalue weighted by Gasteiger charge is 2.23. The van der Waals surface area contributed by atoms with Gasteiger partial charge >= 0.3 is 0 Å². The van der Waals surface area contributed by atoms with Crippen molar-refractivity contribution in [1.29, 1.82) is 0 Å². The minimum atomic E-state index is -0.0824. The third-order valence-corrected chi connectivity index (χ3v) is 5.51. The van der Waals surface area contributed by atoms with Gasteiger partial charge in [0.2, 0.25) is 5.91 Å². The summed E-state index contributed by atoms with van der Waals surface area (Å²) in [6.07, 6.45) is 2.10. The number of rotatable bonds is 6. The maximum Gasteiger partial charge on any atom is 0.256 e. The van der Waals surface area contributed by atoms with E-state index in [1.807, 2.05) is 66.4 Å². The van der Waals surface area contributed by atoms with Gasteiger partial charge in [-0.2, -0.15) is 0 Å². The van der Waals surface area contributed by atoms with Crippen LogP contribution in [0.2, 0.25) is 0 Å². The quantitative estimate of drug-likeness (QED) is 0.773. The first-order valence-electron chi connectivity index (χ1n) is 9.13. The van der Waals surface area contributed by atoms with Gasteiger partial charge in [0.25, 0.3) is 5.91 Å². The molecule has 0 unspecified atom stereocenters. The number of carbonyl (C=O) groups is 2. The lowest BCUT2D eigenvalue weighted by atomic mass is 10.1. The van der Waals surface area contributed by atoms with Crippen molar-refractivity contribution in [1.82, 2.24) is 4.90 Å². The standard InChI is InChI=1S/C21H25N3O2S/c1-23(2)19-11-10-16(14-18(19)21(26)24-12-6-7-13-24)22-20(25)15-27-17-8-4-3-5-9-17/h3-5,8-11,14H,6-7,12-13,15H2,1-2H3,(H,22,25). The molecule has 1 heterocycles. The van der Waals surface area contributed by atoms with E-state index in [1.165, 1.54) is 11.8 Å². The van der Waals surface area contributed by atoms with Gasteiger partial charge in [0.15, 0.2) is 0 Å². The van der Waals surface area contributed by atoms with Crippen molar-refractivity contribution in [3.05, 3.63) is 54.1 Å². The van der Waals surface area contributed by atoms with Crippen LogP contribution in [0.15, 0.2) is 53.4 Å². The van der Waals surface area contributed by atoms with Crippen LogP contribution in [-0.2, 0) is 4.79 Å². The molecule has 1 aliphatic rings. The van der Waals surface area contributed by atoms with E-state index in [9.17, 15) is 9.59 Å². The van der Waals surface area contributed by atoms with Crippen molar-refractivity contribution in [3.63, 3.8) is 0 Å². The van der Waals surface area contributed by atoms with E-state index in [4.69, 9.17) is 0 Å². The number of thioether (sulfide) groups is 1. The number of carbonyl (C=O) groups excluding carboxylic acids is 2. The van der Waals surface area contributed by atoms with Gasteiger partial charge in [-0.25, -0.2) is 0 Å². The first-order valence-corrected chi connectivity index (χ1v) is 10.1. The first-order chi connectivity index (χ1) is 13.0. The van der Waals surface area contributed by atoms with Crippen LogP contribution < -0.4 is 10.2 Å². The Balaban J connectivity index is 1.70. The van der Waals surface area contributed by atoms with Gasteiger partial charge in [-0.15, -0.1) is 11.8 Å². The number of nitrogens with zero attached hydrogens (tertiary/aromatic N) is 2. The van der Waals surface area contributed by atoms with Crippen LogP contribution >= 0.6 is 11.8 Å². The molecule has 0 saturated carbocycles. The second-order valence-corrected chi connectivity index (χ2v) is 7.82. The predicted molar refractivity (Wildman–Crippen MR) is 112 cm³/mol. The van der Waals surface area contributed by atoms with Crippen molar-refractivity contribution >= 4 is 35.0 Å². The molecule has 5 nitrogen and oxygen atoms in total. The Morgan fingerprint density at radius 2 is 1.78 bits per heavy atom. The van der Waals surface area contributed by atoms with E-state index in [0.717, 1.165) is 36.5 Å². The van der Waals surface area contributed by atoms with Gasteiger partial charge in [-0.05, 0) is 43.2 Å². The van der Waals surface area contributed by atoms with Crippen LogP contribution in [0.25, 0.3) is 0 Å². The number of nitrogens with one attached hydrogen (secondary N) is 1. The third kappa shape index (κ3) is 5.04. The molecule has 1 aliphatic heterocycles. The lowest BCUT2D eigenvalue weighted by Crippen LogP contribution is -2.29. The molecule has 2 aromatic rings. The average molecular weight is 384 g/mol. The summed E-state index contributed by atoms with van der Waals surface area (Å²) in [5.74, 6) is 0.279. The summed E-state index contributed by atoms with van der Waals surface area (Å²) in [6, 6.07) is 15.4. The summed E-state index contributed by atoms with van der Waals surface area (Å²) < 4.78 is 0. The summed E-state index contributed by atoms with van der Waals surface area (Å²) in [7, 11) is 3.84. The number of benzene rings is 2. The molecule has 0 atom stereocenters. The summed E-state index contributed by atoms with van der Waals surface area (Å²) in [5.41, 5.74) is 2.15. The molecule has 6 heteroatoms. The van der Waals surface area contributed by atoms with Gasteiger partial charge in [-0.3, -0.25) is 9.59 Å². The van der Waals surface area contributed by atoms with Crippen LogP contribution in [0.1, 0.15) is 23.2 Å². The van der Waals surface area contributed by atoms with Crippen LogP contribution in [0.3, 0.4) is 0 Å². The molecule has 0 radical (unpaired) electrons. The third-order valence-electron chi connectivity index (χ3n) is 4.50. The zero-order valence-electron chi connectivity index (χ0n) is 15.8. The van der Waals surface area contributed by atoms with E-state index in [-0.39, 0.29) is 11.8 Å². The topological polar surface area (TPSA) is 52.7 Å². The highest BCUT2D eigenvalue weighted by Crippen LogP contribution is 2.26. The molecule has 3 rings (SSSR count). The van der Waals surface area contributed by atoms with Crippen LogP contribution in [0.4, 0.5) is 11.4 Å². The number of hydrogen-bond donors (Lipinski definition) is 1. The molecule has 1 fully saturated rings. The van der Waals surface area contributed by atoms with E-state index >= 15 is 0 Å². The van der Waals surface area contributed by atoms with Gasteiger partial charge < -0.3 is 15.1 Å². The highest BCUT2D eigenvalue weighted by atomic mass is 32.2. The fraction of sp³-hybridized carbons (Fsp3) is 0.333. The van der Waals surface area contributed by atoms with Gasteiger partial charge in [0, 0.05) is 43.5 Å². The van der Waals surface area contributed by atoms with E-state index < -0.39 is 0 Å². The maximum atomic E-state index is 12.9. The molecule has 0 spiro atoms. The Hall–Kier alpha value is -2.47. The molecule has 2 aromatic carbocycles. The Labute approximate surface area is 164 Å². The smallest absolute Gasteiger partial charge is 0.256 e. The van der Waals surface area contributed by atoms with Gasteiger partial charge in [-0.1, -0.05) is 18.2 Å². The monoisotopic (exact) mass is 383 g/mol. The minimum absolute atomic E-state index is 0.0333. The Bertz CT molecular complexity index is 802. The number of amides is 2. The van der Waals surface area contributed by atoms with E-state index in [1.54, 1.807) is 6.07 Å². The normalized spacial score (nSPS) is 13.5. The molecule has 0 bridgehead atoms. The molecule has 27 heavy (non-hydrogen) atoms. The average Bonchev–Trinajstić information content (AvgIpc) is 3.21. The fourth-order valence-electron chi connectivity index (χ4n) is 3.13. The molecule has 142 valence electrons. The number of anilines is 2. The predicted octanol–water partition coefficient (Wildman–Crippen LogP) is 3.72. The molecule has 0 aromatic heterocycles. The molecule has 1 saturated heterocycles. The van der Waals surface area contributed by atoms with Crippen LogP contribution in [0.5, 0.6) is 0 Å². The Morgan fingerprint density at radius 3 is 2.44 bits per heavy atom. The van der Waals surface area contributed by atoms with Crippen molar-refractivity contribution in [2.75, 3.05) is 43.2 Å². The lowest BCUT2D eigenvalue weighted by molar-refractivity contribution is -0.113. The van der Waals surface area contributed by atoms with Crippen molar-refractivity contribution in [2.45, 2.75) is 17.7 Å². The maximum absolute atomic E-state index is 12.9. The van der Waals surface area contributed by atoms with Gasteiger partial charge in [0.1, 0.15) is 0 Å². The highest BCUT2D eigenvalue weighted by molar-refractivity contribution is 8.00. The van der Waals surface area contributed by atoms with Crippen LogP contribution in [-0.4, -0.2) is 49.7 Å². The SMILES string of the molecule is CN(C)c1ccc(NC(=O)CSc2ccccc2)cc1C(=O)N1CCCC1. The largest absolute Gasteiger partial charge is 0.377 e. The zero-order valence-corrected chi connectivity index (χ0v) is 16.6. The minimum Gasteiger partial charge on any atom is -0.377 e. The Morgan fingerprint density at radius 1 is 1.07 bits per heavy atom. The van der Waals surface area contributed by atoms with Crippen molar-refractivity contribution < 1.29 is 9.59 Å². The lowest BCUT2D eigenvalue weighted by Gasteiger charge is -2.22. The molecule has 2 amide bonds.